The molecule has 0 aliphatic heterocycles. The van der Waals surface area contributed by atoms with E-state index in [9.17, 15) is 4.79 Å². The molecule has 3 N–H and O–H groups in total. The third kappa shape index (κ3) is 2.89. The Morgan fingerprint density at radius 3 is 2.72 bits per heavy atom. The van der Waals surface area contributed by atoms with Gasteiger partial charge in [-0.05, 0) is 44.6 Å². The molecule has 4 nitrogen and oxygen atoms in total. The number of carbonyl (C=O) groups excluding carboxylic acids is 1. The van der Waals surface area contributed by atoms with Gasteiger partial charge in [-0.15, -0.1) is 0 Å². The summed E-state index contributed by atoms with van der Waals surface area (Å²) in [5, 5.41) is 2.97. The summed E-state index contributed by atoms with van der Waals surface area (Å²) in [4.78, 5) is 14.2. The molecule has 0 atom stereocenters. The summed E-state index contributed by atoms with van der Waals surface area (Å²) < 4.78 is 0. The Hall–Kier alpha value is -1.39. The molecule has 0 radical (unpaired) electrons. The van der Waals surface area contributed by atoms with Gasteiger partial charge in [0.05, 0.1) is 5.41 Å². The highest BCUT2D eigenvalue weighted by Gasteiger charge is 2.48. The van der Waals surface area contributed by atoms with Gasteiger partial charge in [0.2, 0.25) is 5.91 Å². The molecule has 0 aromatic heterocycles. The van der Waals surface area contributed by atoms with Crippen molar-refractivity contribution in [2.75, 3.05) is 26.0 Å². The van der Waals surface area contributed by atoms with Crippen molar-refractivity contribution in [1.29, 1.82) is 0 Å². The lowest BCUT2D eigenvalue weighted by molar-refractivity contribution is -0.120. The summed E-state index contributed by atoms with van der Waals surface area (Å²) >= 11 is 0. The van der Waals surface area contributed by atoms with Crippen LogP contribution in [-0.2, 0) is 11.3 Å². The van der Waals surface area contributed by atoms with Gasteiger partial charge >= 0.3 is 0 Å². The SMILES string of the molecule is CN(C)Cc1cccc(NC(=O)C2(CN)CC2)c1. The molecule has 0 bridgehead atoms. The molecule has 1 aliphatic carbocycles. The van der Waals surface area contributed by atoms with Crippen molar-refractivity contribution >= 4 is 11.6 Å². The van der Waals surface area contributed by atoms with Crippen molar-refractivity contribution in [2.24, 2.45) is 11.1 Å². The van der Waals surface area contributed by atoms with E-state index in [1.54, 1.807) is 0 Å². The first-order valence-corrected chi connectivity index (χ1v) is 6.31. The van der Waals surface area contributed by atoms with Crippen LogP contribution in [0.25, 0.3) is 0 Å². The quantitative estimate of drug-likeness (QED) is 0.827. The topological polar surface area (TPSA) is 58.4 Å². The zero-order valence-corrected chi connectivity index (χ0v) is 11.1. The van der Waals surface area contributed by atoms with Crippen molar-refractivity contribution in [2.45, 2.75) is 19.4 Å². The molecule has 1 amide bonds. The van der Waals surface area contributed by atoms with Crippen LogP contribution >= 0.6 is 0 Å². The molecule has 2 rings (SSSR count). The molecule has 18 heavy (non-hydrogen) atoms. The summed E-state index contributed by atoms with van der Waals surface area (Å²) in [5.74, 6) is 0.0620. The van der Waals surface area contributed by atoms with Crippen molar-refractivity contribution in [3.8, 4) is 0 Å². The maximum Gasteiger partial charge on any atom is 0.231 e. The standard InChI is InChI=1S/C14H21N3O/c1-17(2)9-11-4-3-5-12(8-11)16-13(18)14(10-15)6-7-14/h3-5,8H,6-7,9-10,15H2,1-2H3,(H,16,18). The van der Waals surface area contributed by atoms with Crippen LogP contribution in [0.4, 0.5) is 5.69 Å². The fourth-order valence-electron chi connectivity index (χ4n) is 2.05. The van der Waals surface area contributed by atoms with Crippen LogP contribution in [0.1, 0.15) is 18.4 Å². The Bertz CT molecular complexity index is 438. The van der Waals surface area contributed by atoms with E-state index in [2.05, 4.69) is 16.3 Å². The normalized spacial score (nSPS) is 16.7. The number of nitrogens with zero attached hydrogens (tertiary/aromatic N) is 1. The lowest BCUT2D eigenvalue weighted by Crippen LogP contribution is -2.30. The van der Waals surface area contributed by atoms with Gasteiger partial charge < -0.3 is 16.0 Å². The molecule has 0 unspecified atom stereocenters. The molecule has 1 fully saturated rings. The maximum atomic E-state index is 12.1. The Labute approximate surface area is 108 Å². The van der Waals surface area contributed by atoms with Crippen LogP contribution in [0, 0.1) is 5.41 Å². The third-order valence-electron chi connectivity index (χ3n) is 3.41. The molecular formula is C14H21N3O. The molecule has 1 saturated carbocycles. The molecule has 1 aliphatic rings. The van der Waals surface area contributed by atoms with Gasteiger partial charge in [-0.1, -0.05) is 12.1 Å². The number of hydrogen-bond acceptors (Lipinski definition) is 3. The number of nitrogens with two attached hydrogens (primary N) is 1. The lowest BCUT2D eigenvalue weighted by Gasteiger charge is -2.14. The van der Waals surface area contributed by atoms with E-state index in [1.807, 2.05) is 32.3 Å². The first-order valence-electron chi connectivity index (χ1n) is 6.31. The summed E-state index contributed by atoms with van der Waals surface area (Å²) in [6.45, 7) is 1.31. The van der Waals surface area contributed by atoms with E-state index in [-0.39, 0.29) is 11.3 Å². The predicted octanol–water partition coefficient (Wildman–Crippen LogP) is 1.43. The highest BCUT2D eigenvalue weighted by molar-refractivity contribution is 5.97. The number of hydrogen-bond donors (Lipinski definition) is 2. The predicted molar refractivity (Wildman–Crippen MR) is 73.2 cm³/mol. The van der Waals surface area contributed by atoms with E-state index in [0.717, 1.165) is 25.1 Å². The number of amides is 1. The van der Waals surface area contributed by atoms with Crippen molar-refractivity contribution < 1.29 is 4.79 Å². The number of benzene rings is 1. The number of rotatable bonds is 5. The van der Waals surface area contributed by atoms with E-state index < -0.39 is 0 Å². The van der Waals surface area contributed by atoms with Crippen molar-refractivity contribution in [3.05, 3.63) is 29.8 Å². The number of carbonyl (C=O) groups is 1. The highest BCUT2D eigenvalue weighted by Crippen LogP contribution is 2.45. The van der Waals surface area contributed by atoms with E-state index in [0.29, 0.717) is 6.54 Å². The highest BCUT2D eigenvalue weighted by atomic mass is 16.2. The van der Waals surface area contributed by atoms with Gasteiger partial charge in [0.1, 0.15) is 0 Å². The molecule has 1 aromatic carbocycles. The first kappa shape index (κ1) is 13.1. The molecule has 0 heterocycles. The second kappa shape index (κ2) is 5.08. The minimum Gasteiger partial charge on any atom is -0.329 e. The zero-order valence-electron chi connectivity index (χ0n) is 11.1. The second-order valence-corrected chi connectivity index (χ2v) is 5.38. The molecule has 1 aromatic rings. The Morgan fingerprint density at radius 2 is 2.17 bits per heavy atom. The third-order valence-corrected chi connectivity index (χ3v) is 3.41. The Morgan fingerprint density at radius 1 is 1.44 bits per heavy atom. The molecule has 98 valence electrons. The van der Waals surface area contributed by atoms with Crippen LogP contribution < -0.4 is 11.1 Å². The summed E-state index contributed by atoms with van der Waals surface area (Å²) in [6, 6.07) is 7.97. The molecule has 0 saturated heterocycles. The van der Waals surface area contributed by atoms with E-state index in [4.69, 9.17) is 5.73 Å². The smallest absolute Gasteiger partial charge is 0.231 e. The van der Waals surface area contributed by atoms with E-state index in [1.165, 1.54) is 5.56 Å². The fraction of sp³-hybridized carbons (Fsp3) is 0.500. The Kier molecular flexibility index (Phi) is 3.68. The second-order valence-electron chi connectivity index (χ2n) is 5.38. The van der Waals surface area contributed by atoms with Crippen LogP contribution in [0.3, 0.4) is 0 Å². The number of anilines is 1. The Balaban J connectivity index is 2.03. The first-order chi connectivity index (χ1) is 8.55. The lowest BCUT2D eigenvalue weighted by atomic mass is 10.1. The minimum atomic E-state index is -0.294. The monoisotopic (exact) mass is 247 g/mol. The van der Waals surface area contributed by atoms with Crippen molar-refractivity contribution in [1.82, 2.24) is 4.90 Å². The van der Waals surface area contributed by atoms with Gasteiger partial charge in [-0.3, -0.25) is 4.79 Å². The molecule has 4 heteroatoms. The van der Waals surface area contributed by atoms with Gasteiger partial charge in [0, 0.05) is 18.8 Å². The van der Waals surface area contributed by atoms with Gasteiger partial charge in [-0.2, -0.15) is 0 Å². The van der Waals surface area contributed by atoms with Crippen LogP contribution in [0.5, 0.6) is 0 Å². The van der Waals surface area contributed by atoms with E-state index >= 15 is 0 Å². The van der Waals surface area contributed by atoms with Gasteiger partial charge in [0.25, 0.3) is 0 Å². The largest absolute Gasteiger partial charge is 0.329 e. The molecular weight excluding hydrogens is 226 g/mol. The number of nitrogens with one attached hydrogen (secondary N) is 1. The van der Waals surface area contributed by atoms with Crippen LogP contribution in [0.15, 0.2) is 24.3 Å². The van der Waals surface area contributed by atoms with Gasteiger partial charge in [0.15, 0.2) is 0 Å². The maximum absolute atomic E-state index is 12.1. The average molecular weight is 247 g/mol. The minimum absolute atomic E-state index is 0.0620. The summed E-state index contributed by atoms with van der Waals surface area (Å²) in [7, 11) is 4.05. The van der Waals surface area contributed by atoms with Crippen LogP contribution in [-0.4, -0.2) is 31.4 Å². The zero-order chi connectivity index (χ0) is 13.2. The van der Waals surface area contributed by atoms with Gasteiger partial charge in [-0.25, -0.2) is 0 Å². The summed E-state index contributed by atoms with van der Waals surface area (Å²) in [6.07, 6.45) is 1.82. The molecule has 0 spiro atoms. The van der Waals surface area contributed by atoms with Crippen molar-refractivity contribution in [3.63, 3.8) is 0 Å². The average Bonchev–Trinajstić information content (AvgIpc) is 3.09. The summed E-state index contributed by atoms with van der Waals surface area (Å²) in [5.41, 5.74) is 7.41. The van der Waals surface area contributed by atoms with Crippen LogP contribution in [0.2, 0.25) is 0 Å². The fourth-order valence-corrected chi connectivity index (χ4v) is 2.05.